The van der Waals surface area contributed by atoms with Gasteiger partial charge in [-0.05, 0) is 18.2 Å². The second kappa shape index (κ2) is 6.01. The third-order valence-electron chi connectivity index (χ3n) is 2.57. The number of benzene rings is 1. The highest BCUT2D eigenvalue weighted by Crippen LogP contribution is 2.32. The average Bonchev–Trinajstić information content (AvgIpc) is 2.45. The molecule has 22 heavy (non-hydrogen) atoms. The highest BCUT2D eigenvalue weighted by Gasteiger charge is 2.32. The molecule has 1 atom stereocenters. The molecule has 0 bridgehead atoms. The van der Waals surface area contributed by atoms with Crippen LogP contribution in [0.4, 0.5) is 18.9 Å². The summed E-state index contributed by atoms with van der Waals surface area (Å²) in [6.07, 6.45) is -4.07. The normalized spacial score (nSPS) is 12.9. The predicted molar refractivity (Wildman–Crippen MR) is 72.0 cm³/mol. The Morgan fingerprint density at radius 1 is 1.23 bits per heavy atom. The third-order valence-corrected chi connectivity index (χ3v) is 4.35. The zero-order chi connectivity index (χ0) is 16.5. The quantitative estimate of drug-likeness (QED) is 0.623. The van der Waals surface area contributed by atoms with Crippen molar-refractivity contribution in [2.45, 2.75) is 16.1 Å². The van der Waals surface area contributed by atoms with Crippen LogP contribution in [0.3, 0.4) is 0 Å². The van der Waals surface area contributed by atoms with Gasteiger partial charge in [-0.15, -0.1) is 0 Å². The molecule has 1 aromatic heterocycles. The fourth-order valence-corrected chi connectivity index (χ4v) is 2.89. The third kappa shape index (κ3) is 3.42. The van der Waals surface area contributed by atoms with Crippen molar-refractivity contribution in [3.8, 4) is 0 Å². The first kappa shape index (κ1) is 16.4. The number of aromatic nitrogens is 1. The van der Waals surface area contributed by atoms with Gasteiger partial charge in [0.25, 0.3) is 5.69 Å². The first-order valence-corrected chi connectivity index (χ1v) is 7.12. The Labute approximate surface area is 129 Å². The molecule has 116 valence electrons. The van der Waals surface area contributed by atoms with Crippen LogP contribution in [0.15, 0.2) is 46.5 Å². The van der Waals surface area contributed by atoms with E-state index < -0.39 is 32.5 Å². The SMILES string of the molecule is O=[N+]([O-])c1ccc([S@](=O)c2ncc(C(F)(F)F)cc2Cl)cc1. The van der Waals surface area contributed by atoms with E-state index in [1.807, 2.05) is 0 Å². The maximum atomic E-state index is 12.5. The number of hydrogen-bond donors (Lipinski definition) is 0. The minimum Gasteiger partial charge on any atom is -0.258 e. The van der Waals surface area contributed by atoms with Crippen molar-refractivity contribution in [2.24, 2.45) is 0 Å². The van der Waals surface area contributed by atoms with Crippen molar-refractivity contribution >= 4 is 28.1 Å². The number of alkyl halides is 3. The lowest BCUT2D eigenvalue weighted by molar-refractivity contribution is -0.384. The molecule has 0 spiro atoms. The van der Waals surface area contributed by atoms with Gasteiger partial charge in [-0.3, -0.25) is 10.1 Å². The number of nitrogens with zero attached hydrogens (tertiary/aromatic N) is 2. The molecule has 0 fully saturated rings. The molecule has 10 heteroatoms. The second-order valence-electron chi connectivity index (χ2n) is 4.03. The lowest BCUT2D eigenvalue weighted by Crippen LogP contribution is -2.07. The number of non-ortho nitro benzene ring substituents is 1. The predicted octanol–water partition coefficient (Wildman–Crippen LogP) is 3.83. The zero-order valence-electron chi connectivity index (χ0n) is 10.5. The molecular weight excluding hydrogens is 345 g/mol. The Hall–Kier alpha value is -2.00. The van der Waals surface area contributed by atoms with E-state index in [0.717, 1.165) is 12.1 Å². The highest BCUT2D eigenvalue weighted by molar-refractivity contribution is 7.85. The van der Waals surface area contributed by atoms with Crippen molar-refractivity contribution in [1.29, 1.82) is 0 Å². The van der Waals surface area contributed by atoms with Gasteiger partial charge in [0.15, 0.2) is 5.03 Å². The van der Waals surface area contributed by atoms with Gasteiger partial charge in [-0.1, -0.05) is 11.6 Å². The Morgan fingerprint density at radius 3 is 2.27 bits per heavy atom. The summed E-state index contributed by atoms with van der Waals surface area (Å²) in [5.74, 6) is 0. The molecule has 0 aliphatic carbocycles. The largest absolute Gasteiger partial charge is 0.417 e. The van der Waals surface area contributed by atoms with Gasteiger partial charge in [0, 0.05) is 23.2 Å². The van der Waals surface area contributed by atoms with Crippen molar-refractivity contribution in [1.82, 2.24) is 4.98 Å². The molecule has 0 saturated carbocycles. The van der Waals surface area contributed by atoms with Gasteiger partial charge < -0.3 is 0 Å². The minimum atomic E-state index is -4.61. The van der Waals surface area contributed by atoms with E-state index in [1.165, 1.54) is 12.1 Å². The molecule has 2 rings (SSSR count). The molecule has 1 aromatic carbocycles. The summed E-state index contributed by atoms with van der Waals surface area (Å²) < 4.78 is 49.7. The van der Waals surface area contributed by atoms with Gasteiger partial charge in [0.05, 0.1) is 15.5 Å². The van der Waals surface area contributed by atoms with Gasteiger partial charge in [0.2, 0.25) is 0 Å². The topological polar surface area (TPSA) is 73.1 Å². The van der Waals surface area contributed by atoms with Crippen LogP contribution in [-0.2, 0) is 17.0 Å². The molecular formula is C12H6ClF3N2O3S. The van der Waals surface area contributed by atoms with E-state index in [1.54, 1.807) is 0 Å². The second-order valence-corrected chi connectivity index (χ2v) is 5.83. The summed E-state index contributed by atoms with van der Waals surface area (Å²) in [7, 11) is -1.95. The number of nitro benzene ring substituents is 1. The molecule has 0 N–H and O–H groups in total. The molecule has 1 heterocycles. The minimum absolute atomic E-state index is 0.139. The fourth-order valence-electron chi connectivity index (χ4n) is 1.52. The maximum absolute atomic E-state index is 12.5. The number of nitro groups is 1. The summed E-state index contributed by atoms with van der Waals surface area (Å²) in [6, 6.07) is 5.34. The first-order valence-electron chi connectivity index (χ1n) is 5.59. The molecule has 0 unspecified atom stereocenters. The van der Waals surface area contributed by atoms with Gasteiger partial charge in [-0.25, -0.2) is 9.19 Å². The summed E-state index contributed by atoms with van der Waals surface area (Å²) in [5.41, 5.74) is -1.26. The molecule has 5 nitrogen and oxygen atoms in total. The van der Waals surface area contributed by atoms with E-state index >= 15 is 0 Å². The molecule has 0 aliphatic rings. The summed E-state index contributed by atoms with van der Waals surface area (Å²) in [6.45, 7) is 0. The van der Waals surface area contributed by atoms with Crippen LogP contribution in [0.1, 0.15) is 5.56 Å². The Bertz CT molecular complexity index is 750. The highest BCUT2D eigenvalue weighted by atomic mass is 35.5. The van der Waals surface area contributed by atoms with Gasteiger partial charge >= 0.3 is 6.18 Å². The summed E-state index contributed by atoms with van der Waals surface area (Å²) in [5, 5.41) is 9.88. The molecule has 0 aliphatic heterocycles. The van der Waals surface area contributed by atoms with E-state index in [0.29, 0.717) is 12.3 Å². The number of rotatable bonds is 3. The molecule has 0 saturated heterocycles. The lowest BCUT2D eigenvalue weighted by Gasteiger charge is -2.09. The standard InChI is InChI=1S/C12H6ClF3N2O3S/c13-10-5-7(12(14,15)16)6-17-11(10)22(21)9-3-1-8(2-4-9)18(19)20/h1-6H/t22-/m0/s1. The van der Waals surface area contributed by atoms with E-state index in [4.69, 9.17) is 11.6 Å². The van der Waals surface area contributed by atoms with E-state index in [9.17, 15) is 27.5 Å². The van der Waals surface area contributed by atoms with Crippen LogP contribution in [0.25, 0.3) is 0 Å². The van der Waals surface area contributed by atoms with Gasteiger partial charge in [-0.2, -0.15) is 13.2 Å². The zero-order valence-corrected chi connectivity index (χ0v) is 12.1. The maximum Gasteiger partial charge on any atom is 0.417 e. The van der Waals surface area contributed by atoms with Crippen LogP contribution in [-0.4, -0.2) is 14.1 Å². The monoisotopic (exact) mass is 350 g/mol. The van der Waals surface area contributed by atoms with Crippen LogP contribution < -0.4 is 0 Å². The first-order chi connectivity index (χ1) is 10.2. The molecule has 2 aromatic rings. The van der Waals surface area contributed by atoms with Crippen molar-refractivity contribution < 1.29 is 22.3 Å². The van der Waals surface area contributed by atoms with Crippen LogP contribution in [0.2, 0.25) is 5.02 Å². The van der Waals surface area contributed by atoms with Gasteiger partial charge in [0.1, 0.15) is 10.8 Å². The number of hydrogen-bond acceptors (Lipinski definition) is 4. The fraction of sp³-hybridized carbons (Fsp3) is 0.0833. The Morgan fingerprint density at radius 2 is 1.82 bits per heavy atom. The van der Waals surface area contributed by atoms with E-state index in [2.05, 4.69) is 4.98 Å². The number of pyridine rings is 1. The Balaban J connectivity index is 2.35. The summed E-state index contributed by atoms with van der Waals surface area (Å²) in [4.78, 5) is 13.5. The van der Waals surface area contributed by atoms with E-state index in [-0.39, 0.29) is 15.6 Å². The number of halogens is 4. The van der Waals surface area contributed by atoms with Crippen LogP contribution in [0, 0.1) is 10.1 Å². The van der Waals surface area contributed by atoms with Crippen molar-refractivity contribution in [3.63, 3.8) is 0 Å². The van der Waals surface area contributed by atoms with Crippen LogP contribution >= 0.6 is 11.6 Å². The van der Waals surface area contributed by atoms with Crippen molar-refractivity contribution in [3.05, 3.63) is 57.2 Å². The summed E-state index contributed by atoms with van der Waals surface area (Å²) >= 11 is 5.70. The molecule has 0 radical (unpaired) electrons. The average molecular weight is 351 g/mol. The smallest absolute Gasteiger partial charge is 0.258 e. The van der Waals surface area contributed by atoms with Crippen LogP contribution in [0.5, 0.6) is 0 Å². The van der Waals surface area contributed by atoms with Crippen molar-refractivity contribution in [2.75, 3.05) is 0 Å². The Kier molecular flexibility index (Phi) is 4.47. The molecule has 0 amide bonds. The lowest BCUT2D eigenvalue weighted by atomic mass is 10.3.